The molecule has 274 valence electrons. The molecule has 0 aliphatic carbocycles. The summed E-state index contributed by atoms with van der Waals surface area (Å²) in [6.07, 6.45) is 7.53. The van der Waals surface area contributed by atoms with Gasteiger partial charge in [-0.25, -0.2) is 0 Å². The minimum atomic E-state index is 0.756. The van der Waals surface area contributed by atoms with Crippen molar-refractivity contribution < 1.29 is 8.83 Å². The zero-order valence-corrected chi connectivity index (χ0v) is 31.8. The standard InChI is InChI=1S/C55H32N2O2/c1-31-21-22-32(23-24-36-29-43-37-13-4-8-19-48(37)58-54(43)50-39-15-2-6-17-45(39)56(31)52(36)50)33-11-10-12-34(27-33)35-25-26-47-41(28-35)42-30-44-38-14-5-9-20-49(38)59-55(44)51-40-16-3-7-18-46(40)57(47)53(42)51/h2-23,25-30H,1,24H2/b22-21-,32-23+. The normalized spacial score (nSPS) is 15.2. The Morgan fingerprint density at radius 2 is 1.05 bits per heavy atom. The lowest BCUT2D eigenvalue weighted by atomic mass is 9.95. The summed E-state index contributed by atoms with van der Waals surface area (Å²) < 4.78 is 18.0. The average molecular weight is 753 g/mol. The van der Waals surface area contributed by atoms with E-state index in [1.165, 1.54) is 65.7 Å². The first-order chi connectivity index (χ1) is 29.2. The molecule has 0 atom stereocenters. The van der Waals surface area contributed by atoms with Crippen LogP contribution >= 0.6 is 0 Å². The third-order valence-corrected chi connectivity index (χ3v) is 13.0. The Morgan fingerprint density at radius 3 is 1.83 bits per heavy atom. The molecule has 5 aromatic heterocycles. The van der Waals surface area contributed by atoms with E-state index in [1.54, 1.807) is 0 Å². The predicted octanol–water partition coefficient (Wildman–Crippen LogP) is 15.1. The van der Waals surface area contributed by atoms with Crippen LogP contribution in [0.15, 0.2) is 185 Å². The molecule has 59 heavy (non-hydrogen) atoms. The summed E-state index contributed by atoms with van der Waals surface area (Å²) >= 11 is 0. The molecule has 4 heteroatoms. The van der Waals surface area contributed by atoms with Crippen LogP contribution in [0.1, 0.15) is 11.1 Å². The van der Waals surface area contributed by atoms with E-state index >= 15 is 0 Å². The van der Waals surface area contributed by atoms with Gasteiger partial charge in [0.05, 0.1) is 38.4 Å². The van der Waals surface area contributed by atoms with Crippen LogP contribution in [0.5, 0.6) is 0 Å². The predicted molar refractivity (Wildman–Crippen MR) is 247 cm³/mol. The Bertz CT molecular complexity index is 4060. The fourth-order valence-electron chi connectivity index (χ4n) is 10.4. The van der Waals surface area contributed by atoms with E-state index < -0.39 is 0 Å². The van der Waals surface area contributed by atoms with E-state index in [4.69, 9.17) is 8.83 Å². The highest BCUT2D eigenvalue weighted by molar-refractivity contribution is 6.33. The van der Waals surface area contributed by atoms with Crippen molar-refractivity contribution in [3.05, 3.63) is 188 Å². The first-order valence-electron chi connectivity index (χ1n) is 20.2. The molecule has 4 nitrogen and oxygen atoms in total. The Morgan fingerprint density at radius 1 is 0.441 bits per heavy atom. The van der Waals surface area contributed by atoms with Gasteiger partial charge in [0.25, 0.3) is 0 Å². The quantitative estimate of drug-likeness (QED) is 0.176. The third-order valence-electron chi connectivity index (χ3n) is 13.0. The maximum absolute atomic E-state index is 6.62. The first kappa shape index (κ1) is 31.3. The van der Waals surface area contributed by atoms with Gasteiger partial charge in [-0.3, -0.25) is 0 Å². The molecular weight excluding hydrogens is 721 g/mol. The number of furan rings is 2. The molecule has 0 radical (unpaired) electrons. The zero-order valence-electron chi connectivity index (χ0n) is 31.8. The van der Waals surface area contributed by atoms with Gasteiger partial charge < -0.3 is 17.8 Å². The number of allylic oxidation sites excluding steroid dienone is 5. The van der Waals surface area contributed by atoms with Crippen molar-refractivity contribution in [2.24, 2.45) is 0 Å². The van der Waals surface area contributed by atoms with Gasteiger partial charge in [-0.1, -0.05) is 116 Å². The van der Waals surface area contributed by atoms with Crippen LogP contribution in [0.4, 0.5) is 0 Å². The molecular formula is C55H32N2O2. The smallest absolute Gasteiger partial charge is 0.145 e. The topological polar surface area (TPSA) is 35.6 Å². The van der Waals surface area contributed by atoms with Gasteiger partial charge in [0.1, 0.15) is 22.3 Å². The second-order valence-corrected chi connectivity index (χ2v) is 16.1. The molecule has 0 saturated carbocycles. The summed E-state index contributed by atoms with van der Waals surface area (Å²) in [5.41, 5.74) is 16.5. The van der Waals surface area contributed by atoms with Gasteiger partial charge >= 0.3 is 0 Å². The number of aromatic nitrogens is 2. The highest BCUT2D eigenvalue weighted by atomic mass is 16.3. The molecule has 1 aliphatic heterocycles. The number of hydrogen-bond donors (Lipinski definition) is 0. The molecule has 6 heterocycles. The summed E-state index contributed by atoms with van der Waals surface area (Å²) in [6, 6.07) is 54.7. The van der Waals surface area contributed by atoms with E-state index in [0.717, 1.165) is 78.0 Å². The lowest BCUT2D eigenvalue weighted by molar-refractivity contribution is 0.672. The fourth-order valence-corrected chi connectivity index (χ4v) is 10.4. The monoisotopic (exact) mass is 752 g/mol. The van der Waals surface area contributed by atoms with E-state index in [9.17, 15) is 0 Å². The number of hydrogen-bond acceptors (Lipinski definition) is 2. The number of nitrogens with zero attached hydrogens (tertiary/aromatic N) is 2. The minimum Gasteiger partial charge on any atom is -0.455 e. The maximum Gasteiger partial charge on any atom is 0.145 e. The second kappa shape index (κ2) is 11.2. The molecule has 0 saturated heterocycles. The van der Waals surface area contributed by atoms with Crippen LogP contribution in [-0.2, 0) is 6.42 Å². The molecule has 0 bridgehead atoms. The number of benzene rings is 8. The molecule has 0 amide bonds. The maximum atomic E-state index is 6.62. The molecule has 8 aromatic carbocycles. The van der Waals surface area contributed by atoms with Crippen molar-refractivity contribution in [3.63, 3.8) is 0 Å². The van der Waals surface area contributed by atoms with Gasteiger partial charge in [-0.15, -0.1) is 0 Å². The molecule has 14 rings (SSSR count). The van der Waals surface area contributed by atoms with Crippen LogP contribution < -0.4 is 0 Å². The van der Waals surface area contributed by atoms with Crippen LogP contribution in [0.2, 0.25) is 0 Å². The third kappa shape index (κ3) is 4.07. The van der Waals surface area contributed by atoms with Crippen LogP contribution in [0.25, 0.3) is 126 Å². The lowest BCUT2D eigenvalue weighted by Gasteiger charge is -2.10. The largest absolute Gasteiger partial charge is 0.455 e. The SMILES string of the molecule is C=C1/C=C\C(c2cccc(-c3ccc4c(c3)c3cc5c6ccccc6oc5c5c6ccccc6n4c35)c2)=C/Cc2cc3c4ccccc4oc3c3c4ccccc4n1c23. The fraction of sp³-hybridized carbons (Fsp3) is 0.0182. The van der Waals surface area contributed by atoms with Gasteiger partial charge in [0.2, 0.25) is 0 Å². The Kier molecular flexibility index (Phi) is 5.93. The number of fused-ring (bicyclic) bond motifs is 17. The Labute approximate surface area is 336 Å². The minimum absolute atomic E-state index is 0.756. The van der Waals surface area contributed by atoms with Crippen molar-refractivity contribution in [1.29, 1.82) is 0 Å². The van der Waals surface area contributed by atoms with Crippen molar-refractivity contribution >= 4 is 115 Å². The Hall–Kier alpha value is -7.82. The van der Waals surface area contributed by atoms with Gasteiger partial charge in [-0.05, 0) is 94.9 Å². The van der Waals surface area contributed by atoms with E-state index in [-0.39, 0.29) is 0 Å². The van der Waals surface area contributed by atoms with Gasteiger partial charge in [0, 0.05) is 48.8 Å². The van der Waals surface area contributed by atoms with Gasteiger partial charge in [-0.2, -0.15) is 0 Å². The van der Waals surface area contributed by atoms with E-state index in [0.29, 0.717) is 0 Å². The molecule has 0 N–H and O–H groups in total. The van der Waals surface area contributed by atoms with Crippen LogP contribution in [0.3, 0.4) is 0 Å². The zero-order chi connectivity index (χ0) is 38.5. The summed E-state index contributed by atoms with van der Waals surface area (Å²) in [7, 11) is 0. The molecule has 1 aliphatic rings. The van der Waals surface area contributed by atoms with Crippen molar-refractivity contribution in [2.45, 2.75) is 6.42 Å². The van der Waals surface area contributed by atoms with Crippen LogP contribution in [0, 0.1) is 0 Å². The second-order valence-electron chi connectivity index (χ2n) is 16.1. The summed E-state index contributed by atoms with van der Waals surface area (Å²) in [5, 5.41) is 11.8. The van der Waals surface area contributed by atoms with Crippen LogP contribution in [-0.4, -0.2) is 8.97 Å². The molecule has 0 unspecified atom stereocenters. The summed E-state index contributed by atoms with van der Waals surface area (Å²) in [5.74, 6) is 0. The van der Waals surface area contributed by atoms with Crippen molar-refractivity contribution in [3.8, 4) is 11.1 Å². The highest BCUT2D eigenvalue weighted by Crippen LogP contribution is 2.47. The lowest BCUT2D eigenvalue weighted by Crippen LogP contribution is -1.96. The highest BCUT2D eigenvalue weighted by Gasteiger charge is 2.24. The number of rotatable bonds is 2. The molecule has 13 aromatic rings. The average Bonchev–Trinajstić information content (AvgIpc) is 4.09. The molecule has 0 fully saturated rings. The summed E-state index contributed by atoms with van der Waals surface area (Å²) in [6.45, 7) is 4.64. The van der Waals surface area contributed by atoms with Crippen molar-refractivity contribution in [2.75, 3.05) is 0 Å². The first-order valence-corrected chi connectivity index (χ1v) is 20.2. The van der Waals surface area contributed by atoms with Crippen molar-refractivity contribution in [1.82, 2.24) is 8.97 Å². The van der Waals surface area contributed by atoms with E-state index in [1.807, 2.05) is 12.1 Å². The number of para-hydroxylation sites is 4. The van der Waals surface area contributed by atoms with E-state index in [2.05, 4.69) is 173 Å². The summed E-state index contributed by atoms with van der Waals surface area (Å²) in [4.78, 5) is 0. The van der Waals surface area contributed by atoms with Gasteiger partial charge in [0.15, 0.2) is 0 Å². The Balaban J connectivity index is 0.946. The molecule has 0 spiro atoms.